The first-order chi connectivity index (χ1) is 5.69. The molecule has 0 radical (unpaired) electrons. The molecule has 0 fully saturated rings. The van der Waals surface area contributed by atoms with Gasteiger partial charge >= 0.3 is 0 Å². The van der Waals surface area contributed by atoms with Gasteiger partial charge in [0.05, 0.1) is 11.6 Å². The maximum absolute atomic E-state index is 8.63. The fraction of sp³-hybridized carbons (Fsp3) is 0.125. The van der Waals surface area contributed by atoms with Crippen molar-refractivity contribution in [3.8, 4) is 6.07 Å². The molecule has 0 aliphatic rings. The maximum atomic E-state index is 8.63. The molecule has 0 spiro atoms. The fourth-order valence-corrected chi connectivity index (χ4v) is 3.35. The van der Waals surface area contributed by atoms with Crippen LogP contribution >= 0.6 is 50.1 Å². The number of alkyl halides is 1. The molecule has 62 valence electrons. The molecule has 0 saturated heterocycles. The molecule has 0 aliphatic heterocycles. The number of benzene rings is 1. The Bertz CT molecular complexity index is 322. The van der Waals surface area contributed by atoms with E-state index in [9.17, 15) is 0 Å². The van der Waals surface area contributed by atoms with E-state index in [0.29, 0.717) is 10.6 Å². The monoisotopic (exact) mass is 355 g/mol. The summed E-state index contributed by atoms with van der Waals surface area (Å²) in [7, 11) is 0. The first-order valence-corrected chi connectivity index (χ1v) is 5.71. The molecular weight excluding hydrogens is 352 g/mol. The standard InChI is InChI=1S/C8H4BrClIN/c9-3-6-7(10)1-5(4-12)2-8(6)11/h1-2H,3H2. The van der Waals surface area contributed by atoms with Gasteiger partial charge in [0.25, 0.3) is 0 Å². The van der Waals surface area contributed by atoms with Crippen molar-refractivity contribution in [2.24, 2.45) is 0 Å². The molecule has 0 aromatic heterocycles. The third kappa shape index (κ3) is 2.12. The van der Waals surface area contributed by atoms with Crippen LogP contribution in [0.1, 0.15) is 11.1 Å². The smallest absolute Gasteiger partial charge is 0.0992 e. The number of hydrogen-bond acceptors (Lipinski definition) is 1. The Kier molecular flexibility index (Phi) is 3.81. The van der Waals surface area contributed by atoms with Gasteiger partial charge in [0, 0.05) is 13.9 Å². The van der Waals surface area contributed by atoms with Gasteiger partial charge in [0.15, 0.2) is 0 Å². The highest BCUT2D eigenvalue weighted by Gasteiger charge is 2.05. The van der Waals surface area contributed by atoms with Crippen molar-refractivity contribution in [3.63, 3.8) is 0 Å². The summed E-state index contributed by atoms with van der Waals surface area (Å²) in [5.74, 6) is 0. The Morgan fingerprint density at radius 3 is 2.67 bits per heavy atom. The summed E-state index contributed by atoms with van der Waals surface area (Å²) in [6.07, 6.45) is 0. The highest BCUT2D eigenvalue weighted by atomic mass is 127. The van der Waals surface area contributed by atoms with E-state index in [0.717, 1.165) is 14.5 Å². The van der Waals surface area contributed by atoms with Gasteiger partial charge in [-0.05, 0) is 40.3 Å². The molecule has 12 heavy (non-hydrogen) atoms. The number of nitriles is 1. The van der Waals surface area contributed by atoms with Crippen LogP contribution in [0.15, 0.2) is 12.1 Å². The fourth-order valence-electron chi connectivity index (χ4n) is 0.795. The van der Waals surface area contributed by atoms with Crippen LogP contribution in [0, 0.1) is 14.9 Å². The first kappa shape index (κ1) is 10.3. The van der Waals surface area contributed by atoms with Gasteiger partial charge in [0.2, 0.25) is 0 Å². The van der Waals surface area contributed by atoms with Crippen molar-refractivity contribution >= 4 is 50.1 Å². The second-order valence-electron chi connectivity index (χ2n) is 2.16. The summed E-state index contributed by atoms with van der Waals surface area (Å²) in [5, 5.41) is 9.99. The summed E-state index contributed by atoms with van der Waals surface area (Å²) in [4.78, 5) is 0. The zero-order valence-electron chi connectivity index (χ0n) is 5.94. The minimum atomic E-state index is 0.606. The second kappa shape index (κ2) is 4.45. The molecule has 0 heterocycles. The lowest BCUT2D eigenvalue weighted by Crippen LogP contribution is -1.87. The zero-order valence-corrected chi connectivity index (χ0v) is 10.4. The minimum Gasteiger partial charge on any atom is -0.192 e. The summed E-state index contributed by atoms with van der Waals surface area (Å²) < 4.78 is 1.02. The van der Waals surface area contributed by atoms with Gasteiger partial charge in [-0.25, -0.2) is 0 Å². The minimum absolute atomic E-state index is 0.606. The lowest BCUT2D eigenvalue weighted by molar-refractivity contribution is 1.37. The summed E-state index contributed by atoms with van der Waals surface area (Å²) in [6, 6.07) is 5.56. The number of hydrogen-bond donors (Lipinski definition) is 0. The van der Waals surface area contributed by atoms with Crippen molar-refractivity contribution in [2.75, 3.05) is 0 Å². The Hall–Kier alpha value is 0.210. The third-order valence-corrected chi connectivity index (χ3v) is 3.26. The second-order valence-corrected chi connectivity index (χ2v) is 4.29. The molecule has 0 atom stereocenters. The summed E-state index contributed by atoms with van der Waals surface area (Å²) in [6.45, 7) is 0. The summed E-state index contributed by atoms with van der Waals surface area (Å²) in [5.41, 5.74) is 1.64. The van der Waals surface area contributed by atoms with E-state index < -0.39 is 0 Å². The number of rotatable bonds is 1. The highest BCUT2D eigenvalue weighted by Crippen LogP contribution is 2.25. The van der Waals surface area contributed by atoms with Gasteiger partial charge in [-0.3, -0.25) is 0 Å². The Morgan fingerprint density at radius 2 is 2.25 bits per heavy atom. The topological polar surface area (TPSA) is 23.8 Å². The van der Waals surface area contributed by atoms with E-state index in [1.54, 1.807) is 6.07 Å². The predicted octanol–water partition coefficient (Wildman–Crippen LogP) is 3.71. The van der Waals surface area contributed by atoms with Crippen molar-refractivity contribution in [1.82, 2.24) is 0 Å². The van der Waals surface area contributed by atoms with Gasteiger partial charge in [-0.15, -0.1) is 0 Å². The molecule has 0 saturated carbocycles. The molecule has 1 rings (SSSR count). The van der Waals surface area contributed by atoms with Gasteiger partial charge in [0.1, 0.15) is 0 Å². The molecule has 0 amide bonds. The predicted molar refractivity (Wildman–Crippen MR) is 61.5 cm³/mol. The normalized spacial score (nSPS) is 9.50. The van der Waals surface area contributed by atoms with E-state index in [1.807, 2.05) is 6.07 Å². The lowest BCUT2D eigenvalue weighted by atomic mass is 10.2. The number of nitrogens with zero attached hydrogens (tertiary/aromatic N) is 1. The van der Waals surface area contributed by atoms with Crippen LogP contribution in [0.25, 0.3) is 0 Å². The zero-order chi connectivity index (χ0) is 9.14. The van der Waals surface area contributed by atoms with E-state index >= 15 is 0 Å². The largest absolute Gasteiger partial charge is 0.192 e. The van der Waals surface area contributed by atoms with Crippen LogP contribution in [-0.2, 0) is 5.33 Å². The third-order valence-electron chi connectivity index (χ3n) is 1.40. The van der Waals surface area contributed by atoms with Crippen molar-refractivity contribution in [2.45, 2.75) is 5.33 Å². The quantitative estimate of drug-likeness (QED) is 0.556. The van der Waals surface area contributed by atoms with E-state index in [2.05, 4.69) is 44.6 Å². The molecule has 0 aliphatic carbocycles. The van der Waals surface area contributed by atoms with E-state index in [4.69, 9.17) is 16.9 Å². The van der Waals surface area contributed by atoms with Gasteiger partial charge in [-0.2, -0.15) is 5.26 Å². The Labute approximate surface area is 98.0 Å². The van der Waals surface area contributed by atoms with Gasteiger partial charge in [-0.1, -0.05) is 27.5 Å². The van der Waals surface area contributed by atoms with Crippen LogP contribution in [0.5, 0.6) is 0 Å². The Morgan fingerprint density at radius 1 is 1.58 bits per heavy atom. The molecular formula is C8H4BrClIN. The SMILES string of the molecule is N#Cc1cc(Cl)c(CBr)c(I)c1. The van der Waals surface area contributed by atoms with Crippen molar-refractivity contribution in [3.05, 3.63) is 31.9 Å². The first-order valence-electron chi connectivity index (χ1n) is 3.13. The maximum Gasteiger partial charge on any atom is 0.0992 e. The highest BCUT2D eigenvalue weighted by molar-refractivity contribution is 14.1. The molecule has 4 heteroatoms. The molecule has 0 unspecified atom stereocenters. The van der Waals surface area contributed by atoms with Crippen molar-refractivity contribution in [1.29, 1.82) is 5.26 Å². The molecule has 0 N–H and O–H groups in total. The van der Waals surface area contributed by atoms with E-state index in [1.165, 1.54) is 0 Å². The number of halogens is 3. The van der Waals surface area contributed by atoms with Crippen LogP contribution in [0.3, 0.4) is 0 Å². The van der Waals surface area contributed by atoms with Crippen LogP contribution in [0.2, 0.25) is 5.02 Å². The van der Waals surface area contributed by atoms with Crippen molar-refractivity contribution < 1.29 is 0 Å². The average molecular weight is 356 g/mol. The summed E-state index contributed by atoms with van der Waals surface area (Å²) >= 11 is 11.4. The van der Waals surface area contributed by atoms with Crippen LogP contribution in [0.4, 0.5) is 0 Å². The Balaban J connectivity index is 3.30. The van der Waals surface area contributed by atoms with Gasteiger partial charge < -0.3 is 0 Å². The average Bonchev–Trinajstić information content (AvgIpc) is 2.03. The molecule has 0 bridgehead atoms. The van der Waals surface area contributed by atoms with E-state index in [-0.39, 0.29) is 0 Å². The molecule has 1 nitrogen and oxygen atoms in total. The van der Waals surface area contributed by atoms with Crippen LogP contribution in [-0.4, -0.2) is 0 Å². The lowest BCUT2D eigenvalue weighted by Gasteiger charge is -2.03. The molecule has 1 aromatic carbocycles. The molecule has 1 aromatic rings. The van der Waals surface area contributed by atoms with Crippen LogP contribution < -0.4 is 0 Å².